The minimum Gasteiger partial charge on any atom is -0.480 e. The van der Waals surface area contributed by atoms with Crippen molar-refractivity contribution in [2.75, 3.05) is 6.61 Å². The van der Waals surface area contributed by atoms with Gasteiger partial charge in [0.1, 0.15) is 6.04 Å². The molecule has 0 aromatic heterocycles. The quantitative estimate of drug-likeness (QED) is 0.506. The highest BCUT2D eigenvalue weighted by Gasteiger charge is 2.18. The Morgan fingerprint density at radius 3 is 2.35 bits per heavy atom. The van der Waals surface area contributed by atoms with Crippen LogP contribution in [0.5, 0.6) is 0 Å². The van der Waals surface area contributed by atoms with Gasteiger partial charge in [0.25, 0.3) is 0 Å². The fourth-order valence-corrected chi connectivity index (χ4v) is 1.54. The molecule has 1 atom stereocenters. The van der Waals surface area contributed by atoms with Crippen molar-refractivity contribution in [1.29, 1.82) is 0 Å². The second kappa shape index (κ2) is 10.1. The molecule has 3 N–H and O–H groups in total. The first-order chi connectivity index (χ1) is 8.11. The van der Waals surface area contributed by atoms with Gasteiger partial charge in [0.15, 0.2) is 0 Å². The van der Waals surface area contributed by atoms with Gasteiger partial charge in [-0.2, -0.15) is 0 Å². The molecule has 0 rings (SSSR count). The Labute approximate surface area is 102 Å². The minimum absolute atomic E-state index is 0.0525. The summed E-state index contributed by atoms with van der Waals surface area (Å²) in [5, 5.41) is 19.8. The lowest BCUT2D eigenvalue weighted by Gasteiger charge is -2.12. The molecule has 0 saturated heterocycles. The fraction of sp³-hybridized carbons (Fsp3) is 0.833. The number of hydrogen-bond acceptors (Lipinski definition) is 3. The Kier molecular flexibility index (Phi) is 9.43. The Hall–Kier alpha value is -1.10. The second-order valence-electron chi connectivity index (χ2n) is 4.13. The van der Waals surface area contributed by atoms with Gasteiger partial charge in [0, 0.05) is 19.4 Å². The number of hydrogen-bond donors (Lipinski definition) is 3. The third-order valence-electron chi connectivity index (χ3n) is 2.56. The number of carboxylic acids is 1. The zero-order valence-corrected chi connectivity index (χ0v) is 10.4. The van der Waals surface area contributed by atoms with E-state index in [0.717, 1.165) is 25.7 Å². The van der Waals surface area contributed by atoms with E-state index in [4.69, 9.17) is 10.2 Å². The van der Waals surface area contributed by atoms with Gasteiger partial charge in [-0.15, -0.1) is 0 Å². The summed E-state index contributed by atoms with van der Waals surface area (Å²) in [6.07, 6.45) is 5.64. The number of rotatable bonds is 10. The number of aliphatic hydroxyl groups excluding tert-OH is 1. The summed E-state index contributed by atoms with van der Waals surface area (Å²) in [5.41, 5.74) is 0. The highest BCUT2D eigenvalue weighted by molar-refractivity contribution is 5.83. The first kappa shape index (κ1) is 15.9. The molecule has 0 radical (unpaired) electrons. The van der Waals surface area contributed by atoms with Crippen LogP contribution in [0.4, 0.5) is 0 Å². The van der Waals surface area contributed by atoms with Gasteiger partial charge in [0.05, 0.1) is 0 Å². The van der Waals surface area contributed by atoms with Crippen molar-refractivity contribution in [3.63, 3.8) is 0 Å². The lowest BCUT2D eigenvalue weighted by molar-refractivity contribution is -0.142. The third-order valence-corrected chi connectivity index (χ3v) is 2.56. The van der Waals surface area contributed by atoms with Crippen LogP contribution in [0.15, 0.2) is 0 Å². The summed E-state index contributed by atoms with van der Waals surface area (Å²) >= 11 is 0. The topological polar surface area (TPSA) is 86.6 Å². The molecular weight excluding hydrogens is 222 g/mol. The summed E-state index contributed by atoms with van der Waals surface area (Å²) in [5.74, 6) is -1.35. The van der Waals surface area contributed by atoms with Crippen LogP contribution in [-0.4, -0.2) is 34.7 Å². The molecular formula is C12H23NO4. The maximum Gasteiger partial charge on any atom is 0.326 e. The van der Waals surface area contributed by atoms with Crippen LogP contribution in [-0.2, 0) is 9.59 Å². The van der Waals surface area contributed by atoms with E-state index in [0.29, 0.717) is 6.42 Å². The average molecular weight is 245 g/mol. The normalized spacial score (nSPS) is 12.1. The molecule has 0 saturated carbocycles. The molecule has 5 heteroatoms. The van der Waals surface area contributed by atoms with Crippen molar-refractivity contribution < 1.29 is 19.8 Å². The molecule has 0 heterocycles. The predicted octanol–water partition coefficient (Wildman–Crippen LogP) is 1.30. The minimum atomic E-state index is -1.10. The van der Waals surface area contributed by atoms with E-state index in [-0.39, 0.29) is 18.9 Å². The van der Waals surface area contributed by atoms with E-state index in [9.17, 15) is 9.59 Å². The molecule has 0 aromatic rings. The number of carboxylic acid groups (broad SMARTS) is 1. The van der Waals surface area contributed by atoms with Gasteiger partial charge in [-0.1, -0.05) is 32.6 Å². The van der Waals surface area contributed by atoms with Crippen molar-refractivity contribution in [3.05, 3.63) is 0 Å². The van der Waals surface area contributed by atoms with Crippen LogP contribution in [0.2, 0.25) is 0 Å². The Morgan fingerprint density at radius 2 is 1.82 bits per heavy atom. The molecule has 100 valence electrons. The number of aliphatic hydroxyl groups is 1. The smallest absolute Gasteiger partial charge is 0.326 e. The summed E-state index contributed by atoms with van der Waals surface area (Å²) in [6, 6.07) is -0.969. The van der Waals surface area contributed by atoms with Crippen molar-refractivity contribution in [2.45, 2.75) is 57.9 Å². The number of unbranched alkanes of at least 4 members (excludes halogenated alkanes) is 4. The first-order valence-corrected chi connectivity index (χ1v) is 6.24. The maximum atomic E-state index is 11.4. The van der Waals surface area contributed by atoms with Gasteiger partial charge in [-0.3, -0.25) is 4.79 Å². The fourth-order valence-electron chi connectivity index (χ4n) is 1.54. The van der Waals surface area contributed by atoms with E-state index < -0.39 is 12.0 Å². The SMILES string of the molecule is CCCCCCCC(=O)N[C@H](CCO)C(=O)O. The van der Waals surface area contributed by atoms with E-state index in [1.807, 2.05) is 0 Å². The van der Waals surface area contributed by atoms with Crippen LogP contribution in [0.1, 0.15) is 51.9 Å². The van der Waals surface area contributed by atoms with E-state index in [1.165, 1.54) is 6.42 Å². The molecule has 0 unspecified atom stereocenters. The van der Waals surface area contributed by atoms with Crippen LogP contribution in [0.3, 0.4) is 0 Å². The Balaban J connectivity index is 3.71. The maximum absolute atomic E-state index is 11.4. The van der Waals surface area contributed by atoms with E-state index in [2.05, 4.69) is 12.2 Å². The predicted molar refractivity (Wildman–Crippen MR) is 64.6 cm³/mol. The molecule has 0 aliphatic rings. The first-order valence-electron chi connectivity index (χ1n) is 6.24. The number of amides is 1. The largest absolute Gasteiger partial charge is 0.480 e. The Bertz CT molecular complexity index is 231. The Morgan fingerprint density at radius 1 is 1.18 bits per heavy atom. The molecule has 0 aromatic carbocycles. The van der Waals surface area contributed by atoms with Crippen molar-refractivity contribution in [3.8, 4) is 0 Å². The molecule has 0 spiro atoms. The number of aliphatic carboxylic acids is 1. The molecule has 1 amide bonds. The molecule has 17 heavy (non-hydrogen) atoms. The van der Waals surface area contributed by atoms with Crippen LogP contribution < -0.4 is 5.32 Å². The molecule has 0 fully saturated rings. The van der Waals surface area contributed by atoms with Gasteiger partial charge in [-0.25, -0.2) is 4.79 Å². The zero-order chi connectivity index (χ0) is 13.1. The monoisotopic (exact) mass is 245 g/mol. The van der Waals surface area contributed by atoms with Crippen LogP contribution >= 0.6 is 0 Å². The summed E-state index contributed by atoms with van der Waals surface area (Å²) in [7, 11) is 0. The second-order valence-corrected chi connectivity index (χ2v) is 4.13. The number of nitrogens with one attached hydrogen (secondary N) is 1. The molecule has 0 aliphatic carbocycles. The highest BCUT2D eigenvalue weighted by atomic mass is 16.4. The van der Waals surface area contributed by atoms with E-state index in [1.54, 1.807) is 0 Å². The number of carbonyl (C=O) groups is 2. The highest BCUT2D eigenvalue weighted by Crippen LogP contribution is 2.05. The zero-order valence-electron chi connectivity index (χ0n) is 10.4. The number of carbonyl (C=O) groups excluding carboxylic acids is 1. The summed E-state index contributed by atoms with van der Waals surface area (Å²) in [6.45, 7) is 1.88. The van der Waals surface area contributed by atoms with Crippen LogP contribution in [0.25, 0.3) is 0 Å². The van der Waals surface area contributed by atoms with Crippen molar-refractivity contribution >= 4 is 11.9 Å². The van der Waals surface area contributed by atoms with Gasteiger partial charge >= 0.3 is 5.97 Å². The average Bonchev–Trinajstić information content (AvgIpc) is 2.28. The third kappa shape index (κ3) is 8.68. The van der Waals surface area contributed by atoms with Gasteiger partial charge in [0.2, 0.25) is 5.91 Å². The molecule has 5 nitrogen and oxygen atoms in total. The summed E-state index contributed by atoms with van der Waals surface area (Å²) in [4.78, 5) is 22.1. The van der Waals surface area contributed by atoms with Crippen molar-refractivity contribution in [1.82, 2.24) is 5.32 Å². The lowest BCUT2D eigenvalue weighted by atomic mass is 10.1. The van der Waals surface area contributed by atoms with Crippen molar-refractivity contribution in [2.24, 2.45) is 0 Å². The van der Waals surface area contributed by atoms with Gasteiger partial charge in [-0.05, 0) is 6.42 Å². The molecule has 0 bridgehead atoms. The standard InChI is InChI=1S/C12H23NO4/c1-2-3-4-5-6-7-11(15)13-10(8-9-14)12(16)17/h10,14H,2-9H2,1H3,(H,13,15)(H,16,17)/t10-/m1/s1. The van der Waals surface area contributed by atoms with Crippen LogP contribution in [0, 0.1) is 0 Å². The van der Waals surface area contributed by atoms with Gasteiger partial charge < -0.3 is 15.5 Å². The summed E-state index contributed by atoms with van der Waals surface area (Å²) < 4.78 is 0. The lowest BCUT2D eigenvalue weighted by Crippen LogP contribution is -2.41. The van der Waals surface area contributed by atoms with E-state index >= 15 is 0 Å². The molecule has 0 aliphatic heterocycles.